The number of carboxylic acid groups (broad SMARTS) is 1. The predicted molar refractivity (Wildman–Crippen MR) is 89.8 cm³/mol. The zero-order chi connectivity index (χ0) is 15.4. The summed E-state index contributed by atoms with van der Waals surface area (Å²) < 4.78 is 7.61. The number of aryl methyl sites for hydroxylation is 1. The van der Waals surface area contributed by atoms with Crippen molar-refractivity contribution >= 4 is 43.9 Å². The lowest BCUT2D eigenvalue weighted by molar-refractivity contribution is -0.131. The van der Waals surface area contributed by atoms with E-state index in [2.05, 4.69) is 31.9 Å². The monoisotopic (exact) mass is 410 g/mol. The fourth-order valence-electron chi connectivity index (χ4n) is 1.68. The van der Waals surface area contributed by atoms with Crippen LogP contribution in [0, 0.1) is 6.92 Å². The Bertz CT molecular complexity index is 709. The van der Waals surface area contributed by atoms with Crippen LogP contribution in [-0.4, -0.2) is 11.1 Å². The molecule has 0 unspecified atom stereocenters. The van der Waals surface area contributed by atoms with Gasteiger partial charge in [0, 0.05) is 10.5 Å². The first-order valence-electron chi connectivity index (χ1n) is 6.10. The van der Waals surface area contributed by atoms with E-state index in [0.717, 1.165) is 31.9 Å². The van der Waals surface area contributed by atoms with Gasteiger partial charge in [0.05, 0.1) is 4.47 Å². The van der Waals surface area contributed by atoms with Crippen LogP contribution in [0.15, 0.2) is 51.4 Å². The van der Waals surface area contributed by atoms with Crippen LogP contribution in [-0.2, 0) is 4.79 Å². The Labute approximate surface area is 139 Å². The van der Waals surface area contributed by atoms with Crippen LogP contribution in [0.1, 0.15) is 11.1 Å². The van der Waals surface area contributed by atoms with Gasteiger partial charge in [0.1, 0.15) is 11.5 Å². The van der Waals surface area contributed by atoms with Crippen molar-refractivity contribution in [3.8, 4) is 11.5 Å². The molecular weight excluding hydrogens is 400 g/mol. The smallest absolute Gasteiger partial charge is 0.328 e. The number of aliphatic carboxylic acids is 1. The lowest BCUT2D eigenvalue weighted by Gasteiger charge is -2.09. The molecule has 0 saturated heterocycles. The molecule has 0 heterocycles. The molecule has 0 saturated carbocycles. The summed E-state index contributed by atoms with van der Waals surface area (Å²) in [5, 5.41) is 8.61. The van der Waals surface area contributed by atoms with E-state index in [1.54, 1.807) is 18.2 Å². The van der Waals surface area contributed by atoms with Gasteiger partial charge < -0.3 is 9.84 Å². The highest BCUT2D eigenvalue weighted by Gasteiger charge is 2.05. The lowest BCUT2D eigenvalue weighted by Crippen LogP contribution is -1.88. The third-order valence-electron chi connectivity index (χ3n) is 2.73. The fraction of sp³-hybridized carbons (Fsp3) is 0.0625. The minimum atomic E-state index is -0.975. The van der Waals surface area contributed by atoms with Crippen LogP contribution in [0.5, 0.6) is 11.5 Å². The van der Waals surface area contributed by atoms with Crippen LogP contribution in [0.3, 0.4) is 0 Å². The Balaban J connectivity index is 2.21. The molecule has 0 aliphatic rings. The van der Waals surface area contributed by atoms with Crippen molar-refractivity contribution in [2.45, 2.75) is 6.92 Å². The fourth-order valence-corrected chi connectivity index (χ4v) is 2.40. The van der Waals surface area contributed by atoms with Gasteiger partial charge in [0.25, 0.3) is 0 Å². The zero-order valence-electron chi connectivity index (χ0n) is 11.1. The average molecular weight is 412 g/mol. The minimum absolute atomic E-state index is 0.671. The maximum Gasteiger partial charge on any atom is 0.328 e. The first-order chi connectivity index (χ1) is 9.95. The number of halogens is 2. The van der Waals surface area contributed by atoms with Crippen LogP contribution in [0.25, 0.3) is 6.08 Å². The summed E-state index contributed by atoms with van der Waals surface area (Å²) in [5.41, 5.74) is 1.87. The van der Waals surface area contributed by atoms with Crippen LogP contribution < -0.4 is 4.74 Å². The lowest BCUT2D eigenvalue weighted by atomic mass is 10.2. The summed E-state index contributed by atoms with van der Waals surface area (Å²) in [6.45, 7) is 1.99. The van der Waals surface area contributed by atoms with Gasteiger partial charge in [-0.3, -0.25) is 0 Å². The molecule has 0 bridgehead atoms. The molecule has 2 aromatic rings. The summed E-state index contributed by atoms with van der Waals surface area (Å²) in [6.07, 6.45) is 2.63. The molecule has 0 amide bonds. The Kier molecular flexibility index (Phi) is 5.20. The summed E-state index contributed by atoms with van der Waals surface area (Å²) in [7, 11) is 0. The van der Waals surface area contributed by atoms with E-state index in [9.17, 15) is 4.79 Å². The quantitative estimate of drug-likeness (QED) is 0.684. The summed E-state index contributed by atoms with van der Waals surface area (Å²) in [5.74, 6) is 0.436. The Morgan fingerprint density at radius 3 is 2.52 bits per heavy atom. The molecule has 108 valence electrons. The highest BCUT2D eigenvalue weighted by atomic mass is 79.9. The van der Waals surface area contributed by atoms with Gasteiger partial charge in [0.2, 0.25) is 0 Å². The third-order valence-corrected chi connectivity index (χ3v) is 4.24. The van der Waals surface area contributed by atoms with E-state index in [0.29, 0.717) is 5.75 Å². The van der Waals surface area contributed by atoms with Gasteiger partial charge in [-0.2, -0.15) is 0 Å². The number of benzene rings is 2. The first-order valence-corrected chi connectivity index (χ1v) is 7.69. The Morgan fingerprint density at radius 2 is 1.90 bits per heavy atom. The van der Waals surface area contributed by atoms with Gasteiger partial charge in [-0.1, -0.05) is 22.0 Å². The second-order valence-corrected chi connectivity index (χ2v) is 6.08. The molecule has 0 radical (unpaired) electrons. The van der Waals surface area contributed by atoms with Crippen molar-refractivity contribution in [1.29, 1.82) is 0 Å². The van der Waals surface area contributed by atoms with Crippen LogP contribution in [0.4, 0.5) is 0 Å². The number of carboxylic acids is 1. The summed E-state index contributed by atoms with van der Waals surface area (Å²) in [4.78, 5) is 10.5. The van der Waals surface area contributed by atoms with Crippen molar-refractivity contribution < 1.29 is 14.6 Å². The largest absolute Gasteiger partial charge is 0.478 e. The topological polar surface area (TPSA) is 46.5 Å². The average Bonchev–Trinajstić information content (AvgIpc) is 2.43. The number of ether oxygens (including phenoxy) is 1. The van der Waals surface area contributed by atoms with Gasteiger partial charge in [-0.25, -0.2) is 4.79 Å². The van der Waals surface area contributed by atoms with Crippen molar-refractivity contribution in [1.82, 2.24) is 0 Å². The highest BCUT2D eigenvalue weighted by molar-refractivity contribution is 9.10. The SMILES string of the molecule is Cc1cc(Oc2ccc(/C=C/C(=O)O)cc2Br)ccc1Br. The van der Waals surface area contributed by atoms with Gasteiger partial charge >= 0.3 is 5.97 Å². The van der Waals surface area contributed by atoms with E-state index in [1.165, 1.54) is 6.08 Å². The van der Waals surface area contributed by atoms with E-state index in [4.69, 9.17) is 9.84 Å². The molecule has 5 heteroatoms. The number of hydrogen-bond donors (Lipinski definition) is 1. The number of hydrogen-bond acceptors (Lipinski definition) is 2. The number of rotatable bonds is 4. The third kappa shape index (κ3) is 4.44. The van der Waals surface area contributed by atoms with E-state index < -0.39 is 5.97 Å². The normalized spacial score (nSPS) is 10.8. The standard InChI is InChI=1S/C16H12Br2O3/c1-10-8-12(4-5-13(10)17)21-15-6-2-11(9-14(15)18)3-7-16(19)20/h2-9H,1H3,(H,19,20)/b7-3+. The van der Waals surface area contributed by atoms with E-state index in [-0.39, 0.29) is 0 Å². The molecule has 0 aliphatic carbocycles. The molecule has 3 nitrogen and oxygen atoms in total. The first kappa shape index (κ1) is 15.8. The highest BCUT2D eigenvalue weighted by Crippen LogP contribution is 2.32. The maximum atomic E-state index is 10.5. The Hall–Kier alpha value is -1.59. The van der Waals surface area contributed by atoms with E-state index >= 15 is 0 Å². The molecule has 0 aromatic heterocycles. The number of carbonyl (C=O) groups is 1. The molecule has 2 rings (SSSR count). The Morgan fingerprint density at radius 1 is 1.14 bits per heavy atom. The van der Waals surface area contributed by atoms with Crippen molar-refractivity contribution in [2.24, 2.45) is 0 Å². The van der Waals surface area contributed by atoms with Gasteiger partial charge in [-0.15, -0.1) is 0 Å². The van der Waals surface area contributed by atoms with Gasteiger partial charge in [-0.05, 0) is 70.4 Å². The van der Waals surface area contributed by atoms with Gasteiger partial charge in [0.15, 0.2) is 0 Å². The zero-order valence-corrected chi connectivity index (χ0v) is 14.3. The summed E-state index contributed by atoms with van der Waals surface area (Å²) >= 11 is 6.88. The maximum absolute atomic E-state index is 10.5. The molecule has 0 fully saturated rings. The molecule has 0 atom stereocenters. The second-order valence-electron chi connectivity index (χ2n) is 4.37. The minimum Gasteiger partial charge on any atom is -0.478 e. The molecule has 1 N–H and O–H groups in total. The molecule has 21 heavy (non-hydrogen) atoms. The molecule has 0 spiro atoms. The van der Waals surface area contributed by atoms with Crippen LogP contribution >= 0.6 is 31.9 Å². The predicted octanol–water partition coefficient (Wildman–Crippen LogP) is 5.41. The molecule has 0 aliphatic heterocycles. The molecule has 2 aromatic carbocycles. The summed E-state index contributed by atoms with van der Waals surface area (Å²) in [6, 6.07) is 11.1. The van der Waals surface area contributed by atoms with Crippen molar-refractivity contribution in [3.05, 3.63) is 62.5 Å². The van der Waals surface area contributed by atoms with Crippen molar-refractivity contribution in [3.63, 3.8) is 0 Å². The van der Waals surface area contributed by atoms with Crippen molar-refractivity contribution in [2.75, 3.05) is 0 Å². The second kappa shape index (κ2) is 6.91. The van der Waals surface area contributed by atoms with Crippen LogP contribution in [0.2, 0.25) is 0 Å². The molecular formula is C16H12Br2O3. The van der Waals surface area contributed by atoms with E-state index in [1.807, 2.05) is 25.1 Å².